The van der Waals surface area contributed by atoms with E-state index in [4.69, 9.17) is 4.74 Å². The number of anilines is 1. The van der Waals surface area contributed by atoms with Crippen LogP contribution in [0.25, 0.3) is 0 Å². The predicted molar refractivity (Wildman–Crippen MR) is 109 cm³/mol. The van der Waals surface area contributed by atoms with Crippen LogP contribution in [0, 0.1) is 38.0 Å². The second kappa shape index (κ2) is 6.26. The summed E-state index contributed by atoms with van der Waals surface area (Å²) in [6.45, 7) is 11.5. The summed E-state index contributed by atoms with van der Waals surface area (Å²) in [6.07, 6.45) is 3.28. The van der Waals surface area contributed by atoms with Crippen molar-refractivity contribution < 1.29 is 19.1 Å². The number of nitrogens with zero attached hydrogens (tertiary/aromatic N) is 1. The summed E-state index contributed by atoms with van der Waals surface area (Å²) in [5, 5.41) is 2.92. The third-order valence-corrected chi connectivity index (χ3v) is 6.22. The summed E-state index contributed by atoms with van der Waals surface area (Å²) in [6, 6.07) is 3.97. The molecule has 4 atom stereocenters. The van der Waals surface area contributed by atoms with E-state index in [1.807, 2.05) is 65.8 Å². The molecule has 0 spiro atoms. The molecule has 29 heavy (non-hydrogen) atoms. The number of nitrogens with one attached hydrogen (secondary N) is 1. The number of ether oxygens (including phenoxy) is 1. The van der Waals surface area contributed by atoms with Crippen molar-refractivity contribution in [2.45, 2.75) is 53.2 Å². The molecule has 2 fully saturated rings. The molecule has 3 amide bonds. The minimum Gasteiger partial charge on any atom is -0.360 e. The fourth-order valence-electron chi connectivity index (χ4n) is 4.94. The standard InChI is InChI=1S/C23H28N2O4/c1-12-9-13(2)18(14(3)10-12)25-19(26)16-15-7-8-23(29-15,17(16)20(25)27)11-24-21(28)22(4,5)6/h7-10,15-17H,11H2,1-6H3,(H,24,28)/t15-,16-,17-,23+/m1/s1. The van der Waals surface area contributed by atoms with Crippen molar-refractivity contribution in [2.24, 2.45) is 17.3 Å². The van der Waals surface area contributed by atoms with E-state index in [2.05, 4.69) is 5.32 Å². The molecular weight excluding hydrogens is 368 g/mol. The van der Waals surface area contributed by atoms with Crippen LogP contribution in [0.4, 0.5) is 5.69 Å². The van der Waals surface area contributed by atoms with Gasteiger partial charge in [0, 0.05) is 5.41 Å². The van der Waals surface area contributed by atoms with E-state index in [1.165, 1.54) is 4.90 Å². The van der Waals surface area contributed by atoms with E-state index < -0.39 is 29.0 Å². The summed E-state index contributed by atoms with van der Waals surface area (Å²) in [7, 11) is 0. The smallest absolute Gasteiger partial charge is 0.241 e. The maximum absolute atomic E-state index is 13.5. The first kappa shape index (κ1) is 19.8. The third kappa shape index (κ3) is 2.84. The molecule has 6 heteroatoms. The summed E-state index contributed by atoms with van der Waals surface area (Å²) in [4.78, 5) is 40.6. The molecule has 6 nitrogen and oxygen atoms in total. The van der Waals surface area contributed by atoms with Gasteiger partial charge in [-0.05, 0) is 31.9 Å². The number of hydrogen-bond donors (Lipinski definition) is 1. The van der Waals surface area contributed by atoms with Crippen molar-refractivity contribution in [3.8, 4) is 0 Å². The number of aryl methyl sites for hydroxylation is 3. The largest absolute Gasteiger partial charge is 0.360 e. The van der Waals surface area contributed by atoms with Crippen molar-refractivity contribution in [1.82, 2.24) is 5.32 Å². The van der Waals surface area contributed by atoms with Crippen LogP contribution < -0.4 is 10.2 Å². The van der Waals surface area contributed by atoms with Crippen molar-refractivity contribution in [3.63, 3.8) is 0 Å². The van der Waals surface area contributed by atoms with Crippen LogP contribution >= 0.6 is 0 Å². The van der Waals surface area contributed by atoms with Crippen molar-refractivity contribution in [2.75, 3.05) is 11.4 Å². The van der Waals surface area contributed by atoms with Gasteiger partial charge in [-0.3, -0.25) is 14.4 Å². The predicted octanol–water partition coefficient (Wildman–Crippen LogP) is 2.59. The van der Waals surface area contributed by atoms with Crippen LogP contribution in [0.2, 0.25) is 0 Å². The summed E-state index contributed by atoms with van der Waals surface area (Å²) >= 11 is 0. The molecule has 0 saturated carbocycles. The van der Waals surface area contributed by atoms with Crippen LogP contribution in [0.1, 0.15) is 37.5 Å². The molecule has 0 aliphatic carbocycles. The molecule has 3 aliphatic rings. The van der Waals surface area contributed by atoms with Crippen molar-refractivity contribution >= 4 is 23.4 Å². The lowest BCUT2D eigenvalue weighted by Gasteiger charge is -2.31. The minimum absolute atomic E-state index is 0.116. The Morgan fingerprint density at radius 2 is 1.76 bits per heavy atom. The number of rotatable bonds is 3. The molecule has 3 heterocycles. The average Bonchev–Trinajstić information content (AvgIpc) is 3.24. The Hall–Kier alpha value is -2.47. The Morgan fingerprint density at radius 1 is 1.14 bits per heavy atom. The summed E-state index contributed by atoms with van der Waals surface area (Å²) < 4.78 is 6.10. The van der Waals surface area contributed by atoms with Crippen LogP contribution in [0.5, 0.6) is 0 Å². The lowest BCUT2D eigenvalue weighted by atomic mass is 9.76. The Bertz CT molecular complexity index is 935. The van der Waals surface area contributed by atoms with Gasteiger partial charge in [0.1, 0.15) is 5.60 Å². The number of imide groups is 1. The van der Waals surface area contributed by atoms with Crippen molar-refractivity contribution in [1.29, 1.82) is 0 Å². The van der Waals surface area contributed by atoms with Gasteiger partial charge in [0.05, 0.1) is 30.2 Å². The summed E-state index contributed by atoms with van der Waals surface area (Å²) in [5.74, 6) is -1.74. The Kier molecular flexibility index (Phi) is 4.28. The van der Waals surface area contributed by atoms with Crippen LogP contribution in [-0.4, -0.2) is 36.0 Å². The molecule has 1 N–H and O–H groups in total. The van der Waals surface area contributed by atoms with Gasteiger partial charge in [0.2, 0.25) is 17.7 Å². The number of benzene rings is 1. The highest BCUT2D eigenvalue weighted by molar-refractivity contribution is 6.24. The second-order valence-electron chi connectivity index (χ2n) is 9.59. The molecule has 0 radical (unpaired) electrons. The van der Waals surface area contributed by atoms with Crippen LogP contribution in [0.3, 0.4) is 0 Å². The lowest BCUT2D eigenvalue weighted by Crippen LogP contribution is -2.50. The molecule has 2 bridgehead atoms. The van der Waals surface area contributed by atoms with E-state index in [0.29, 0.717) is 5.69 Å². The van der Waals surface area contributed by atoms with Gasteiger partial charge in [-0.2, -0.15) is 0 Å². The van der Waals surface area contributed by atoms with E-state index >= 15 is 0 Å². The summed E-state index contributed by atoms with van der Waals surface area (Å²) in [5.41, 5.74) is 2.06. The fourth-order valence-corrected chi connectivity index (χ4v) is 4.94. The second-order valence-corrected chi connectivity index (χ2v) is 9.59. The number of carbonyl (C=O) groups excluding carboxylic acids is 3. The van der Waals surface area contributed by atoms with Gasteiger partial charge in [-0.25, -0.2) is 4.90 Å². The Balaban J connectivity index is 1.68. The van der Waals surface area contributed by atoms with Gasteiger partial charge in [-0.1, -0.05) is 50.6 Å². The SMILES string of the molecule is Cc1cc(C)c(N2C(=O)[C@@H]3[C@H]4C=C[C@@](CNC(=O)C(C)(C)C)(O4)[C@H]3C2=O)c(C)c1. The Labute approximate surface area is 171 Å². The molecule has 0 aromatic heterocycles. The number of fused-ring (bicyclic) bond motifs is 5. The zero-order chi connectivity index (χ0) is 21.3. The van der Waals surface area contributed by atoms with Crippen LogP contribution in [-0.2, 0) is 19.1 Å². The first-order valence-electron chi connectivity index (χ1n) is 10.1. The molecule has 3 aliphatic heterocycles. The van der Waals surface area contributed by atoms with E-state index in [-0.39, 0.29) is 24.3 Å². The number of carbonyl (C=O) groups is 3. The van der Waals surface area contributed by atoms with Gasteiger partial charge in [0.25, 0.3) is 0 Å². The molecule has 1 aromatic carbocycles. The molecule has 154 valence electrons. The topological polar surface area (TPSA) is 75.7 Å². The fraction of sp³-hybridized carbons (Fsp3) is 0.522. The number of hydrogen-bond acceptors (Lipinski definition) is 4. The van der Waals surface area contributed by atoms with Crippen LogP contribution in [0.15, 0.2) is 24.3 Å². The molecule has 2 saturated heterocycles. The molecule has 1 aromatic rings. The number of amides is 3. The monoisotopic (exact) mass is 396 g/mol. The van der Waals surface area contributed by atoms with E-state index in [9.17, 15) is 14.4 Å². The van der Waals surface area contributed by atoms with Gasteiger partial charge in [-0.15, -0.1) is 0 Å². The molecule has 0 unspecified atom stereocenters. The van der Waals surface area contributed by atoms with Crippen molar-refractivity contribution in [3.05, 3.63) is 41.0 Å². The third-order valence-electron chi connectivity index (χ3n) is 6.22. The Morgan fingerprint density at radius 3 is 2.34 bits per heavy atom. The van der Waals surface area contributed by atoms with E-state index in [1.54, 1.807) is 0 Å². The molecular formula is C23H28N2O4. The van der Waals surface area contributed by atoms with E-state index in [0.717, 1.165) is 16.7 Å². The maximum Gasteiger partial charge on any atom is 0.241 e. The maximum atomic E-state index is 13.5. The van der Waals surface area contributed by atoms with Gasteiger partial charge < -0.3 is 10.1 Å². The zero-order valence-corrected chi connectivity index (χ0v) is 17.8. The first-order valence-corrected chi connectivity index (χ1v) is 10.1. The van der Waals surface area contributed by atoms with Gasteiger partial charge >= 0.3 is 0 Å². The highest BCUT2D eigenvalue weighted by Gasteiger charge is 2.68. The zero-order valence-electron chi connectivity index (χ0n) is 17.8. The highest BCUT2D eigenvalue weighted by atomic mass is 16.5. The average molecular weight is 396 g/mol. The minimum atomic E-state index is -0.968. The normalized spacial score (nSPS) is 30.3. The molecule has 4 rings (SSSR count). The van der Waals surface area contributed by atoms with Gasteiger partial charge in [0.15, 0.2) is 0 Å². The lowest BCUT2D eigenvalue weighted by molar-refractivity contribution is -0.132. The quantitative estimate of drug-likeness (QED) is 0.629. The first-order chi connectivity index (χ1) is 13.5. The highest BCUT2D eigenvalue weighted by Crippen LogP contribution is 2.52.